The minimum Gasteiger partial charge on any atom is -0.480 e. The smallest absolute Gasteiger partial charge is 0.317 e. The molecule has 2 heterocycles. The van der Waals surface area contributed by atoms with Crippen LogP contribution in [0.1, 0.15) is 135 Å². The molecule has 1 aromatic rings. The van der Waals surface area contributed by atoms with Crippen molar-refractivity contribution in [1.82, 2.24) is 62.1 Å². The van der Waals surface area contributed by atoms with Gasteiger partial charge in [0.15, 0.2) is 0 Å². The number of primary amides is 1. The number of benzene rings is 1. The maximum absolute atomic E-state index is 14.3. The van der Waals surface area contributed by atoms with Crippen LogP contribution in [-0.2, 0) is 78.5 Å². The molecule has 0 spiro atoms. The van der Waals surface area contributed by atoms with Crippen molar-refractivity contribution in [3.05, 3.63) is 35.4 Å². The Hall–Kier alpha value is -6.27. The first-order chi connectivity index (χ1) is 48.8. The Morgan fingerprint density at radius 1 is 0.667 bits per heavy atom. The van der Waals surface area contributed by atoms with Gasteiger partial charge < -0.3 is 77.6 Å². The number of amides is 8. The molecular formula is C69H117N13O18S2. The first-order valence-electron chi connectivity index (χ1n) is 36.1. The SMILES string of the molecule is CC[C@H](C)[C@@H]1NC(=O)[C@H](CC2CCCCC2)NC(=O)C(C)(C)NC(=O)CCSCc2cccc(c2)CSC[C@@H](C(=O)NCCCOCCOCCOCCCNC(=O)CCC(=O)N[C@@H](CCCCNC(O)CN2CCN(CC(=O)O)CCN(CC(=O)O)CCN(CC(=O)O)CC2)C(N)=O)NC1=O. The van der Waals surface area contributed by atoms with Gasteiger partial charge in [0, 0.05) is 127 Å². The number of hydrogen-bond donors (Lipinski definition) is 13. The van der Waals surface area contributed by atoms with Crippen LogP contribution in [0.3, 0.4) is 0 Å². The predicted molar refractivity (Wildman–Crippen MR) is 387 cm³/mol. The van der Waals surface area contributed by atoms with Gasteiger partial charge >= 0.3 is 17.9 Å². The van der Waals surface area contributed by atoms with Crippen molar-refractivity contribution >= 4 is 88.7 Å². The molecule has 2 bridgehead atoms. The molecule has 31 nitrogen and oxygen atoms in total. The van der Waals surface area contributed by atoms with Crippen LogP contribution in [0.2, 0.25) is 0 Å². The van der Waals surface area contributed by atoms with Gasteiger partial charge in [-0.1, -0.05) is 76.6 Å². The summed E-state index contributed by atoms with van der Waals surface area (Å²) in [4.78, 5) is 149. The van der Waals surface area contributed by atoms with Crippen LogP contribution in [0.4, 0.5) is 0 Å². The Bertz CT molecular complexity index is 2720. The first-order valence-corrected chi connectivity index (χ1v) is 38.4. The van der Waals surface area contributed by atoms with E-state index in [1.54, 1.807) is 40.3 Å². The zero-order valence-corrected chi connectivity index (χ0v) is 62.0. The number of aliphatic carboxylic acids is 3. The van der Waals surface area contributed by atoms with Gasteiger partial charge in [-0.15, -0.1) is 0 Å². The summed E-state index contributed by atoms with van der Waals surface area (Å²) in [5, 5.41) is 62.4. The quantitative estimate of drug-likeness (QED) is 0.0312. The number of rotatable bonds is 38. The van der Waals surface area contributed by atoms with Gasteiger partial charge in [0.1, 0.15) is 35.9 Å². The number of nitrogens with one attached hydrogen (secondary N) is 8. The molecule has 1 saturated carbocycles. The van der Waals surface area contributed by atoms with Gasteiger partial charge in [0.2, 0.25) is 47.3 Å². The van der Waals surface area contributed by atoms with Crippen LogP contribution in [0.5, 0.6) is 0 Å². The van der Waals surface area contributed by atoms with Gasteiger partial charge in [-0.3, -0.25) is 77.7 Å². The number of carboxylic acids is 3. The average molecular weight is 1480 g/mol. The molecule has 0 aromatic heterocycles. The molecule has 1 saturated heterocycles. The minimum absolute atomic E-state index is 0.114. The summed E-state index contributed by atoms with van der Waals surface area (Å²) >= 11 is 3.11. The number of ether oxygens (including phenoxy) is 3. The third-order valence-corrected chi connectivity index (χ3v) is 20.1. The molecule has 8 amide bonds. The molecule has 1 unspecified atom stereocenters. The normalized spacial score (nSPS) is 20.7. The summed E-state index contributed by atoms with van der Waals surface area (Å²) in [6.07, 6.45) is 6.99. The summed E-state index contributed by atoms with van der Waals surface area (Å²) in [5.74, 6) is -4.99. The fraction of sp³-hybridized carbons (Fsp3) is 0.754. The van der Waals surface area contributed by atoms with E-state index in [1.807, 2.05) is 36.9 Å². The van der Waals surface area contributed by atoms with Crippen molar-refractivity contribution in [2.75, 3.05) is 149 Å². The standard InChI is InChI=1S/C69H117N13O18S2/c1-5-49(2)63-67(96)75-55(48-102-47-52-17-11-16-51(40-52)46-101-39-21-58(85)78-69(3,4)68(97)76-54(66(95)77-63)41-50-14-7-6-8-15-50)65(94)73-24-13-34-99-36-38-100-37-35-98-33-12-23-71-56(83)19-20-57(84)74-53(64(70)93)18-9-10-22-72-59(86)42-79-25-27-80(43-60(87)88)29-31-82(45-62(91)92)32-30-81(28-26-79)44-61(89)90/h11,16-17,40,49-50,53-55,59,63,72,86H,5-10,12-15,18-39,41-48H2,1-4H3,(H2,70,93)(H,71,83)(H,73,94)(H,74,84)(H,75,96)(H,76,97)(H,77,95)(H,78,85)(H,87,88)(H,89,90)(H,91,92)/t49-,53-,54-,55-,59?,63-/m0/s1. The number of carboxylic acid groups (broad SMARTS) is 3. The monoisotopic (exact) mass is 1480 g/mol. The van der Waals surface area contributed by atoms with Crippen LogP contribution in [0.25, 0.3) is 0 Å². The average Bonchev–Trinajstić information content (AvgIpc) is 0.837. The van der Waals surface area contributed by atoms with Gasteiger partial charge in [-0.05, 0) is 81.9 Å². The Labute approximate surface area is 609 Å². The number of nitrogens with zero attached hydrogens (tertiary/aromatic N) is 4. The van der Waals surface area contributed by atoms with Crippen molar-refractivity contribution in [2.45, 2.75) is 171 Å². The lowest BCUT2D eigenvalue weighted by molar-refractivity contribution is -0.140. The molecule has 0 radical (unpaired) electrons. The maximum Gasteiger partial charge on any atom is 0.317 e. The molecule has 2 aliphatic heterocycles. The number of β-amino-alcohol motifs (C(OH)–C–C–N with tert-alkyl or cyclic N) is 1. The molecule has 4 rings (SSSR count). The van der Waals surface area contributed by atoms with Crippen LogP contribution in [-0.4, -0.2) is 290 Å². The van der Waals surface area contributed by atoms with Crippen molar-refractivity contribution in [3.63, 3.8) is 0 Å². The van der Waals surface area contributed by atoms with E-state index in [0.29, 0.717) is 135 Å². The Kier molecular flexibility index (Phi) is 43.4. The van der Waals surface area contributed by atoms with Crippen molar-refractivity contribution in [3.8, 4) is 0 Å². The number of hydrogen-bond acceptors (Lipinski definition) is 22. The molecule has 578 valence electrons. The summed E-state index contributed by atoms with van der Waals surface area (Å²) < 4.78 is 17.0. The number of thioether (sulfide) groups is 2. The minimum atomic E-state index is -1.32. The second kappa shape index (κ2) is 50.2. The van der Waals surface area contributed by atoms with Crippen LogP contribution in [0, 0.1) is 11.8 Å². The lowest BCUT2D eigenvalue weighted by Gasteiger charge is -2.33. The third-order valence-electron chi connectivity index (χ3n) is 17.9. The molecule has 1 aliphatic carbocycles. The molecule has 14 N–H and O–H groups in total. The van der Waals surface area contributed by atoms with Gasteiger partial charge in [-0.25, -0.2) is 0 Å². The van der Waals surface area contributed by atoms with Crippen molar-refractivity contribution < 1.29 is 87.4 Å². The highest BCUT2D eigenvalue weighted by Gasteiger charge is 2.37. The third kappa shape index (κ3) is 38.5. The molecule has 102 heavy (non-hydrogen) atoms. The van der Waals surface area contributed by atoms with Crippen molar-refractivity contribution in [1.29, 1.82) is 0 Å². The van der Waals surface area contributed by atoms with E-state index >= 15 is 0 Å². The first kappa shape index (κ1) is 88.1. The highest BCUT2D eigenvalue weighted by atomic mass is 32.2. The predicted octanol–water partition coefficient (Wildman–Crippen LogP) is 0.289. The lowest BCUT2D eigenvalue weighted by atomic mass is 9.84. The van der Waals surface area contributed by atoms with E-state index in [2.05, 4.69) is 48.6 Å². The second-order valence-electron chi connectivity index (χ2n) is 27.0. The summed E-state index contributed by atoms with van der Waals surface area (Å²) in [6, 6.07) is 4.21. The van der Waals surface area contributed by atoms with Crippen molar-refractivity contribution in [2.24, 2.45) is 17.6 Å². The number of aliphatic hydroxyl groups is 1. The highest BCUT2D eigenvalue weighted by Crippen LogP contribution is 2.28. The number of nitrogens with two attached hydrogens (primary N) is 1. The van der Waals surface area contributed by atoms with E-state index in [0.717, 1.165) is 43.2 Å². The summed E-state index contributed by atoms with van der Waals surface area (Å²) in [6.45, 7) is 11.5. The molecule has 6 atom stereocenters. The molecule has 3 aliphatic rings. The van der Waals surface area contributed by atoms with Gasteiger partial charge in [0.05, 0.1) is 46.1 Å². The van der Waals surface area contributed by atoms with Gasteiger partial charge in [0.25, 0.3) is 0 Å². The van der Waals surface area contributed by atoms with Crippen LogP contribution >= 0.6 is 23.5 Å². The molecule has 1 aromatic carbocycles. The topological polar surface area (TPSA) is 432 Å². The summed E-state index contributed by atoms with van der Waals surface area (Å²) in [5.41, 5.74) is 6.40. The maximum atomic E-state index is 14.3. The molecular weight excluding hydrogens is 1360 g/mol. The summed E-state index contributed by atoms with van der Waals surface area (Å²) in [7, 11) is 0. The zero-order chi connectivity index (χ0) is 74.7. The van der Waals surface area contributed by atoms with Gasteiger partial charge in [-0.2, -0.15) is 23.5 Å². The van der Waals surface area contributed by atoms with E-state index in [1.165, 1.54) is 11.8 Å². The highest BCUT2D eigenvalue weighted by molar-refractivity contribution is 7.98. The zero-order valence-electron chi connectivity index (χ0n) is 60.3. The van der Waals surface area contributed by atoms with Crippen LogP contribution < -0.4 is 48.3 Å². The largest absolute Gasteiger partial charge is 0.480 e. The van der Waals surface area contributed by atoms with E-state index < -0.39 is 83.4 Å². The van der Waals surface area contributed by atoms with E-state index in [4.69, 9.17) is 19.9 Å². The number of fused-ring (bicyclic) bond motifs is 2. The Morgan fingerprint density at radius 2 is 1.21 bits per heavy atom. The number of unbranched alkanes of at least 4 members (excludes halogenated alkanes) is 1. The fourth-order valence-corrected chi connectivity index (χ4v) is 13.7. The Morgan fingerprint density at radius 3 is 1.76 bits per heavy atom. The number of aliphatic hydroxyl groups excluding tert-OH is 1. The second-order valence-corrected chi connectivity index (χ2v) is 29.1. The number of carbonyl (C=O) groups is 11. The fourth-order valence-electron chi connectivity index (χ4n) is 11.8. The number of carbonyl (C=O) groups excluding carboxylic acids is 8. The molecule has 2 fully saturated rings. The van der Waals surface area contributed by atoms with Crippen LogP contribution in [0.15, 0.2) is 24.3 Å². The van der Waals surface area contributed by atoms with E-state index in [-0.39, 0.29) is 120 Å². The Balaban J connectivity index is 1.11. The molecule has 33 heteroatoms. The lowest BCUT2D eigenvalue weighted by Crippen LogP contribution is -2.62. The van der Waals surface area contributed by atoms with E-state index in [9.17, 15) is 73.2 Å².